The third kappa shape index (κ3) is 5.48. The summed E-state index contributed by atoms with van der Waals surface area (Å²) >= 11 is 0. The first-order valence-corrected chi connectivity index (χ1v) is 8.73. The molecule has 1 aliphatic rings. The quantitative estimate of drug-likeness (QED) is 0.751. The van der Waals surface area contributed by atoms with Crippen molar-refractivity contribution < 1.29 is 18.3 Å². The monoisotopic (exact) mass is 291 g/mol. The standard InChI is InChI=1S/C13H25NO4S/c1-3-10(2)12(13(15)16)14-19(17,18)9-11-7-5-4-6-8-11/h10-12,14H,3-9H2,1-2H3,(H,15,16). The van der Waals surface area contributed by atoms with Crippen LogP contribution in [0.25, 0.3) is 0 Å². The fraction of sp³-hybridized carbons (Fsp3) is 0.923. The van der Waals surface area contributed by atoms with E-state index in [9.17, 15) is 13.2 Å². The number of hydrogen-bond donors (Lipinski definition) is 2. The van der Waals surface area contributed by atoms with Crippen LogP contribution >= 0.6 is 0 Å². The molecule has 0 spiro atoms. The zero-order valence-electron chi connectivity index (χ0n) is 11.8. The molecule has 0 saturated heterocycles. The molecule has 0 aromatic rings. The highest BCUT2D eigenvalue weighted by Gasteiger charge is 2.30. The highest BCUT2D eigenvalue weighted by atomic mass is 32.2. The van der Waals surface area contributed by atoms with Crippen LogP contribution in [0.1, 0.15) is 52.4 Å². The lowest BCUT2D eigenvalue weighted by Crippen LogP contribution is -2.46. The Morgan fingerprint density at radius 3 is 2.37 bits per heavy atom. The summed E-state index contributed by atoms with van der Waals surface area (Å²) in [6.45, 7) is 3.61. The second kappa shape index (κ2) is 7.24. The van der Waals surface area contributed by atoms with E-state index in [0.29, 0.717) is 6.42 Å². The molecule has 1 fully saturated rings. The molecule has 1 rings (SSSR count). The largest absolute Gasteiger partial charge is 0.480 e. The summed E-state index contributed by atoms with van der Waals surface area (Å²) in [5.74, 6) is -1.06. The molecule has 2 atom stereocenters. The van der Waals surface area contributed by atoms with E-state index >= 15 is 0 Å². The summed E-state index contributed by atoms with van der Waals surface area (Å²) in [5, 5.41) is 9.12. The molecule has 0 aromatic heterocycles. The lowest BCUT2D eigenvalue weighted by Gasteiger charge is -2.24. The number of carboxylic acid groups (broad SMARTS) is 1. The van der Waals surface area contributed by atoms with Crippen LogP contribution in [0.5, 0.6) is 0 Å². The fourth-order valence-corrected chi connectivity index (χ4v) is 4.32. The van der Waals surface area contributed by atoms with Crippen LogP contribution in [0.15, 0.2) is 0 Å². The summed E-state index contributed by atoms with van der Waals surface area (Å²) < 4.78 is 26.5. The zero-order chi connectivity index (χ0) is 14.5. The second-order valence-electron chi connectivity index (χ2n) is 5.60. The van der Waals surface area contributed by atoms with E-state index in [-0.39, 0.29) is 17.6 Å². The van der Waals surface area contributed by atoms with Crippen molar-refractivity contribution in [3.63, 3.8) is 0 Å². The number of nitrogens with one attached hydrogen (secondary N) is 1. The number of aliphatic carboxylic acids is 1. The minimum absolute atomic E-state index is 0.0627. The van der Waals surface area contributed by atoms with Crippen molar-refractivity contribution in [1.82, 2.24) is 4.72 Å². The van der Waals surface area contributed by atoms with Crippen LogP contribution in [-0.2, 0) is 14.8 Å². The molecule has 19 heavy (non-hydrogen) atoms. The predicted molar refractivity (Wildman–Crippen MR) is 74.4 cm³/mol. The normalized spacial score (nSPS) is 20.9. The molecule has 0 heterocycles. The van der Waals surface area contributed by atoms with Gasteiger partial charge in [0.1, 0.15) is 6.04 Å². The topological polar surface area (TPSA) is 83.5 Å². The number of carbonyl (C=O) groups is 1. The Balaban J connectivity index is 2.62. The van der Waals surface area contributed by atoms with Gasteiger partial charge in [-0.1, -0.05) is 39.5 Å². The van der Waals surface area contributed by atoms with E-state index in [0.717, 1.165) is 25.7 Å². The van der Waals surface area contributed by atoms with E-state index < -0.39 is 22.0 Å². The average Bonchev–Trinajstić information content (AvgIpc) is 2.35. The van der Waals surface area contributed by atoms with Gasteiger partial charge in [0.15, 0.2) is 0 Å². The van der Waals surface area contributed by atoms with Crippen LogP contribution in [0.2, 0.25) is 0 Å². The summed E-state index contributed by atoms with van der Waals surface area (Å²) in [5.41, 5.74) is 0. The van der Waals surface area contributed by atoms with Gasteiger partial charge in [-0.25, -0.2) is 13.1 Å². The Morgan fingerprint density at radius 1 is 1.32 bits per heavy atom. The van der Waals surface area contributed by atoms with Gasteiger partial charge in [-0.3, -0.25) is 4.79 Å². The third-order valence-electron chi connectivity index (χ3n) is 3.97. The SMILES string of the molecule is CCC(C)C(NS(=O)(=O)CC1CCCCC1)C(=O)O. The molecule has 112 valence electrons. The van der Waals surface area contributed by atoms with Crippen LogP contribution in [0.3, 0.4) is 0 Å². The molecule has 5 nitrogen and oxygen atoms in total. The maximum Gasteiger partial charge on any atom is 0.322 e. The van der Waals surface area contributed by atoms with Crippen molar-refractivity contribution in [2.24, 2.45) is 11.8 Å². The van der Waals surface area contributed by atoms with Gasteiger partial charge in [-0.15, -0.1) is 0 Å². The Morgan fingerprint density at radius 2 is 1.89 bits per heavy atom. The first-order chi connectivity index (χ1) is 8.85. The molecule has 0 aromatic carbocycles. The zero-order valence-corrected chi connectivity index (χ0v) is 12.6. The van der Waals surface area contributed by atoms with E-state index in [2.05, 4.69) is 4.72 Å². The molecule has 1 saturated carbocycles. The van der Waals surface area contributed by atoms with E-state index in [4.69, 9.17) is 5.11 Å². The number of sulfonamides is 1. The number of rotatable bonds is 7. The van der Waals surface area contributed by atoms with Gasteiger partial charge in [-0.2, -0.15) is 0 Å². The first-order valence-electron chi connectivity index (χ1n) is 7.08. The lowest BCUT2D eigenvalue weighted by molar-refractivity contribution is -0.140. The Bertz CT molecular complexity index is 387. The van der Waals surface area contributed by atoms with Crippen molar-refractivity contribution in [1.29, 1.82) is 0 Å². The molecular weight excluding hydrogens is 266 g/mol. The Kier molecular flexibility index (Phi) is 6.26. The third-order valence-corrected chi connectivity index (χ3v) is 5.49. The van der Waals surface area contributed by atoms with E-state index in [1.807, 2.05) is 6.92 Å². The molecule has 1 aliphatic carbocycles. The number of hydrogen-bond acceptors (Lipinski definition) is 3. The van der Waals surface area contributed by atoms with Gasteiger partial charge >= 0.3 is 5.97 Å². The highest BCUT2D eigenvalue weighted by molar-refractivity contribution is 7.89. The smallest absolute Gasteiger partial charge is 0.322 e. The first kappa shape index (κ1) is 16.4. The molecule has 6 heteroatoms. The fourth-order valence-electron chi connectivity index (χ4n) is 2.55. The molecule has 2 N–H and O–H groups in total. The Labute approximate surface area is 115 Å². The molecule has 0 radical (unpaired) electrons. The minimum atomic E-state index is -3.51. The van der Waals surface area contributed by atoms with Gasteiger partial charge < -0.3 is 5.11 Å². The predicted octanol–water partition coefficient (Wildman–Crippen LogP) is 1.99. The van der Waals surface area contributed by atoms with Crippen molar-refractivity contribution in [3.05, 3.63) is 0 Å². The molecule has 0 bridgehead atoms. The van der Waals surface area contributed by atoms with E-state index in [1.54, 1.807) is 6.92 Å². The van der Waals surface area contributed by atoms with Crippen molar-refractivity contribution >= 4 is 16.0 Å². The summed E-state index contributed by atoms with van der Waals surface area (Å²) in [7, 11) is -3.51. The average molecular weight is 291 g/mol. The van der Waals surface area contributed by atoms with Crippen LogP contribution in [-0.4, -0.2) is 31.3 Å². The molecule has 0 aliphatic heterocycles. The molecular formula is C13H25NO4S. The molecule has 0 amide bonds. The van der Waals surface area contributed by atoms with Crippen LogP contribution < -0.4 is 4.72 Å². The second-order valence-corrected chi connectivity index (χ2v) is 7.40. The summed E-state index contributed by atoms with van der Waals surface area (Å²) in [6.07, 6.45) is 5.82. The molecule has 2 unspecified atom stereocenters. The maximum atomic E-state index is 12.1. The van der Waals surface area contributed by atoms with Gasteiger partial charge in [0, 0.05) is 0 Å². The lowest BCUT2D eigenvalue weighted by atomic mass is 9.91. The maximum absolute atomic E-state index is 12.1. The van der Waals surface area contributed by atoms with Crippen molar-refractivity contribution in [2.45, 2.75) is 58.4 Å². The van der Waals surface area contributed by atoms with E-state index in [1.165, 1.54) is 6.42 Å². The van der Waals surface area contributed by atoms with Gasteiger partial charge in [0.05, 0.1) is 5.75 Å². The van der Waals surface area contributed by atoms with Gasteiger partial charge in [0.2, 0.25) is 10.0 Å². The number of carboxylic acids is 1. The summed E-state index contributed by atoms with van der Waals surface area (Å²) in [6, 6.07) is -1.02. The van der Waals surface area contributed by atoms with Crippen molar-refractivity contribution in [2.75, 3.05) is 5.75 Å². The Hall–Kier alpha value is -0.620. The van der Waals surface area contributed by atoms with Crippen molar-refractivity contribution in [3.8, 4) is 0 Å². The van der Waals surface area contributed by atoms with Crippen LogP contribution in [0, 0.1) is 11.8 Å². The minimum Gasteiger partial charge on any atom is -0.480 e. The van der Waals surface area contributed by atoms with Gasteiger partial charge in [0.25, 0.3) is 0 Å². The van der Waals surface area contributed by atoms with Gasteiger partial charge in [-0.05, 0) is 24.7 Å². The van der Waals surface area contributed by atoms with Crippen LogP contribution in [0.4, 0.5) is 0 Å². The highest BCUT2D eigenvalue weighted by Crippen LogP contribution is 2.25. The summed E-state index contributed by atoms with van der Waals surface area (Å²) in [4.78, 5) is 11.1.